The fourth-order valence-corrected chi connectivity index (χ4v) is 7.14. The molecule has 0 aliphatic heterocycles. The third-order valence-corrected chi connectivity index (χ3v) is 11.1. The molecule has 3 atom stereocenters. The van der Waals surface area contributed by atoms with Crippen LogP contribution in [0.15, 0.2) is 0 Å². The van der Waals surface area contributed by atoms with Gasteiger partial charge in [0.2, 0.25) is 0 Å². The maximum absolute atomic E-state index is 12.8. The number of phosphoric ester groups is 1. The van der Waals surface area contributed by atoms with E-state index in [1.165, 1.54) is 154 Å². The Morgan fingerprint density at radius 1 is 0.558 bits per heavy atom. The number of hydrogen-bond donors (Lipinski definition) is 0. The second kappa shape index (κ2) is 36.2. The lowest BCUT2D eigenvalue weighted by atomic mass is 10.0. The number of ether oxygens (including phenoxy) is 2. The van der Waals surface area contributed by atoms with Crippen molar-refractivity contribution < 1.29 is 37.3 Å². The molecule has 0 aromatic rings. The Kier molecular flexibility index (Phi) is 35.8. The molecule has 0 aromatic heterocycles. The predicted octanol–water partition coefficient (Wildman–Crippen LogP) is 12.1. The van der Waals surface area contributed by atoms with Crippen molar-refractivity contribution in [3.63, 3.8) is 0 Å². The van der Waals surface area contributed by atoms with Crippen molar-refractivity contribution in [2.24, 2.45) is 5.92 Å². The van der Waals surface area contributed by atoms with Crippen molar-refractivity contribution in [2.75, 3.05) is 54.1 Å². The second-order valence-electron chi connectivity index (χ2n) is 16.6. The molecular formula is C43H88NO7P. The molecule has 312 valence electrons. The maximum Gasteiger partial charge on any atom is 0.308 e. The fraction of sp³-hybridized carbons (Fsp3) is 0.977. The van der Waals surface area contributed by atoms with Crippen LogP contribution in [0.5, 0.6) is 0 Å². The number of rotatable bonds is 41. The molecule has 2 unspecified atom stereocenters. The molecule has 0 bridgehead atoms. The Balaban J connectivity index is 4.31. The molecule has 52 heavy (non-hydrogen) atoms. The first-order chi connectivity index (χ1) is 25.0. The van der Waals surface area contributed by atoms with Gasteiger partial charge in [-0.25, -0.2) is 0 Å². The molecule has 0 radical (unpaired) electrons. The number of quaternary nitrogens is 1. The Bertz CT molecular complexity index is 822. The monoisotopic (exact) mass is 762 g/mol. The van der Waals surface area contributed by atoms with E-state index in [2.05, 4.69) is 13.8 Å². The van der Waals surface area contributed by atoms with E-state index in [4.69, 9.17) is 18.5 Å². The summed E-state index contributed by atoms with van der Waals surface area (Å²) in [7, 11) is 1.41. The van der Waals surface area contributed by atoms with Crippen LogP contribution in [-0.2, 0) is 27.9 Å². The zero-order valence-electron chi connectivity index (χ0n) is 35.4. The average Bonchev–Trinajstić information content (AvgIpc) is 3.09. The smallest absolute Gasteiger partial charge is 0.308 e. The van der Waals surface area contributed by atoms with Gasteiger partial charge in [-0.05, 0) is 12.8 Å². The molecule has 0 aliphatic carbocycles. The van der Waals surface area contributed by atoms with Gasteiger partial charge in [0, 0.05) is 6.61 Å². The van der Waals surface area contributed by atoms with E-state index in [0.717, 1.165) is 32.1 Å². The van der Waals surface area contributed by atoms with Crippen molar-refractivity contribution in [3.05, 3.63) is 0 Å². The minimum atomic E-state index is -4.49. The van der Waals surface area contributed by atoms with Gasteiger partial charge in [0.1, 0.15) is 25.9 Å². The van der Waals surface area contributed by atoms with Crippen LogP contribution in [0.25, 0.3) is 0 Å². The third-order valence-electron chi connectivity index (χ3n) is 10.1. The molecule has 0 saturated heterocycles. The van der Waals surface area contributed by atoms with Gasteiger partial charge in [-0.15, -0.1) is 0 Å². The van der Waals surface area contributed by atoms with Crippen molar-refractivity contribution in [3.8, 4) is 0 Å². The summed E-state index contributed by atoms with van der Waals surface area (Å²) in [5.41, 5.74) is 0. The summed E-state index contributed by atoms with van der Waals surface area (Å²) in [6.07, 6.45) is 36.4. The summed E-state index contributed by atoms with van der Waals surface area (Å²) < 4.78 is 34.9. The minimum absolute atomic E-state index is 0.0284. The molecule has 0 aliphatic rings. The normalized spacial score (nSPS) is 14.4. The van der Waals surface area contributed by atoms with E-state index >= 15 is 0 Å². The maximum atomic E-state index is 12.8. The lowest BCUT2D eigenvalue weighted by Crippen LogP contribution is -2.37. The van der Waals surface area contributed by atoms with E-state index < -0.39 is 13.9 Å². The van der Waals surface area contributed by atoms with E-state index in [-0.39, 0.29) is 31.7 Å². The number of phosphoric acid groups is 1. The number of carbonyl (C=O) groups excluding carboxylic acids is 1. The van der Waals surface area contributed by atoms with Crippen LogP contribution in [0.4, 0.5) is 0 Å². The van der Waals surface area contributed by atoms with Gasteiger partial charge < -0.3 is 27.9 Å². The molecular weight excluding hydrogens is 673 g/mol. The Labute approximate surface area is 323 Å². The first kappa shape index (κ1) is 51.5. The van der Waals surface area contributed by atoms with Gasteiger partial charge in [0.05, 0.1) is 33.7 Å². The molecule has 0 heterocycles. The predicted molar refractivity (Wildman–Crippen MR) is 218 cm³/mol. The lowest BCUT2D eigenvalue weighted by molar-refractivity contribution is -0.870. The van der Waals surface area contributed by atoms with Crippen LogP contribution in [-0.4, -0.2) is 70.7 Å². The van der Waals surface area contributed by atoms with E-state index in [1.54, 1.807) is 0 Å². The highest BCUT2D eigenvalue weighted by Gasteiger charge is 2.21. The van der Waals surface area contributed by atoms with Gasteiger partial charge in [-0.2, -0.15) is 0 Å². The highest BCUT2D eigenvalue weighted by Crippen LogP contribution is 2.38. The van der Waals surface area contributed by atoms with Gasteiger partial charge >= 0.3 is 5.97 Å². The topological polar surface area (TPSA) is 94.1 Å². The third kappa shape index (κ3) is 37.8. The van der Waals surface area contributed by atoms with Gasteiger partial charge in [-0.1, -0.05) is 194 Å². The Morgan fingerprint density at radius 2 is 0.942 bits per heavy atom. The van der Waals surface area contributed by atoms with Crippen molar-refractivity contribution in [1.29, 1.82) is 0 Å². The molecule has 0 N–H and O–H groups in total. The van der Waals surface area contributed by atoms with Crippen LogP contribution in [0, 0.1) is 5.92 Å². The standard InChI is InChI=1S/C43H88NO7P/c1-7-9-11-13-15-17-19-21-22-24-26-28-30-32-34-37-48-42(40-51-52(46,47)50-38-36-44(4,5)6)39-49-43(45)41(3)35-33-31-29-27-25-23-20-18-16-14-12-10-8-2/h41-42H,7-40H2,1-6H3/t41?,42-/m1/s1. The molecule has 0 aromatic carbocycles. The number of hydrogen-bond acceptors (Lipinski definition) is 7. The zero-order valence-corrected chi connectivity index (χ0v) is 36.3. The first-order valence-corrected chi connectivity index (χ1v) is 23.7. The van der Waals surface area contributed by atoms with Gasteiger partial charge in [-0.3, -0.25) is 9.36 Å². The summed E-state index contributed by atoms with van der Waals surface area (Å²) in [6.45, 7) is 7.24. The van der Waals surface area contributed by atoms with Crippen LogP contribution in [0.2, 0.25) is 0 Å². The highest BCUT2D eigenvalue weighted by atomic mass is 31.2. The molecule has 9 heteroatoms. The number of esters is 1. The summed E-state index contributed by atoms with van der Waals surface area (Å²) in [6, 6.07) is 0. The average molecular weight is 762 g/mol. The number of nitrogens with zero attached hydrogens (tertiary/aromatic N) is 1. The molecule has 8 nitrogen and oxygen atoms in total. The highest BCUT2D eigenvalue weighted by molar-refractivity contribution is 7.45. The fourth-order valence-electron chi connectivity index (χ4n) is 6.41. The Morgan fingerprint density at radius 3 is 1.35 bits per heavy atom. The van der Waals surface area contributed by atoms with Crippen molar-refractivity contribution >= 4 is 13.8 Å². The second-order valence-corrected chi connectivity index (χ2v) is 18.0. The molecule has 0 saturated carbocycles. The minimum Gasteiger partial charge on any atom is -0.756 e. The quantitative estimate of drug-likeness (QED) is 0.0265. The Hall–Kier alpha value is -0.500. The summed E-state index contributed by atoms with van der Waals surface area (Å²) >= 11 is 0. The van der Waals surface area contributed by atoms with E-state index in [0.29, 0.717) is 17.6 Å². The number of carbonyl (C=O) groups is 1. The molecule has 0 rings (SSSR count). The number of unbranched alkanes of at least 4 members (excludes halogenated alkanes) is 26. The van der Waals surface area contributed by atoms with Crippen LogP contribution < -0.4 is 4.89 Å². The largest absolute Gasteiger partial charge is 0.756 e. The molecule has 0 amide bonds. The van der Waals surface area contributed by atoms with Crippen LogP contribution >= 0.6 is 7.82 Å². The van der Waals surface area contributed by atoms with Crippen LogP contribution in [0.1, 0.15) is 207 Å². The van der Waals surface area contributed by atoms with Crippen LogP contribution in [0.3, 0.4) is 0 Å². The van der Waals surface area contributed by atoms with E-state index in [9.17, 15) is 14.3 Å². The SMILES string of the molecule is CCCCCCCCCCCCCCCCCO[C@H](COC(=O)C(C)CCCCCCCCCCCCCCC)COP(=O)([O-])OCC[N+](C)(C)C. The van der Waals surface area contributed by atoms with Gasteiger partial charge in [0.25, 0.3) is 7.82 Å². The summed E-state index contributed by atoms with van der Waals surface area (Å²) in [5.74, 6) is -0.460. The first-order valence-electron chi connectivity index (χ1n) is 22.2. The van der Waals surface area contributed by atoms with Crippen molar-refractivity contribution in [2.45, 2.75) is 213 Å². The van der Waals surface area contributed by atoms with E-state index in [1.807, 2.05) is 28.1 Å². The zero-order chi connectivity index (χ0) is 38.6. The number of likely N-dealkylation sites (N-methyl/N-ethyl adjacent to an activating group) is 1. The summed E-state index contributed by atoms with van der Waals surface area (Å²) in [4.78, 5) is 25.2. The molecule has 0 fully saturated rings. The summed E-state index contributed by atoms with van der Waals surface area (Å²) in [5, 5.41) is 0. The molecule has 0 spiro atoms. The lowest BCUT2D eigenvalue weighted by Gasteiger charge is -2.28. The van der Waals surface area contributed by atoms with Gasteiger partial charge in [0.15, 0.2) is 0 Å². The van der Waals surface area contributed by atoms with Crippen molar-refractivity contribution in [1.82, 2.24) is 0 Å².